The fraction of sp³-hybridized carbons (Fsp3) is 0.267. The summed E-state index contributed by atoms with van der Waals surface area (Å²) in [6.07, 6.45) is -4.43. The normalized spacial score (nSPS) is 11.3. The molecule has 0 N–H and O–H groups in total. The van der Waals surface area contributed by atoms with Crippen LogP contribution in [-0.2, 0) is 10.9 Å². The summed E-state index contributed by atoms with van der Waals surface area (Å²) in [4.78, 5) is 27.6. The number of esters is 1. The Hall–Kier alpha value is -2.22. The number of ether oxygens (including phenoxy) is 1. The number of carbonyl (C=O) groups is 2. The van der Waals surface area contributed by atoms with E-state index < -0.39 is 17.7 Å². The van der Waals surface area contributed by atoms with Crippen molar-refractivity contribution < 1.29 is 27.5 Å². The number of halogens is 3. The molecule has 23 heavy (non-hydrogen) atoms. The van der Waals surface area contributed by atoms with Crippen molar-refractivity contribution in [3.8, 4) is 10.6 Å². The molecule has 1 aromatic heterocycles. The van der Waals surface area contributed by atoms with Gasteiger partial charge in [-0.25, -0.2) is 9.78 Å². The average Bonchev–Trinajstić information content (AvgIpc) is 2.92. The van der Waals surface area contributed by atoms with Crippen LogP contribution in [0.15, 0.2) is 24.3 Å². The van der Waals surface area contributed by atoms with E-state index in [0.29, 0.717) is 5.56 Å². The van der Waals surface area contributed by atoms with Crippen LogP contribution in [-0.4, -0.2) is 23.3 Å². The van der Waals surface area contributed by atoms with Crippen molar-refractivity contribution in [1.82, 2.24) is 4.98 Å². The van der Waals surface area contributed by atoms with Gasteiger partial charge in [0.2, 0.25) is 0 Å². The fourth-order valence-corrected chi connectivity index (χ4v) is 2.78. The Morgan fingerprint density at radius 3 is 2.30 bits per heavy atom. The second-order valence-electron chi connectivity index (χ2n) is 4.55. The van der Waals surface area contributed by atoms with E-state index in [-0.39, 0.29) is 28.0 Å². The zero-order chi connectivity index (χ0) is 17.2. The van der Waals surface area contributed by atoms with E-state index >= 15 is 0 Å². The quantitative estimate of drug-likeness (QED) is 0.616. The highest BCUT2D eigenvalue weighted by atomic mass is 32.1. The Kier molecular flexibility index (Phi) is 4.84. The van der Waals surface area contributed by atoms with E-state index in [2.05, 4.69) is 4.98 Å². The predicted molar refractivity (Wildman–Crippen MR) is 78.5 cm³/mol. The average molecular weight is 343 g/mol. The summed E-state index contributed by atoms with van der Waals surface area (Å²) in [5, 5.41) is 0.284. The zero-order valence-electron chi connectivity index (χ0n) is 12.2. The first-order valence-electron chi connectivity index (χ1n) is 6.60. The maximum atomic E-state index is 12.6. The molecule has 0 bridgehead atoms. The molecule has 8 heteroatoms. The molecule has 0 fully saturated rings. The van der Waals surface area contributed by atoms with Gasteiger partial charge in [0.05, 0.1) is 12.2 Å². The lowest BCUT2D eigenvalue weighted by molar-refractivity contribution is -0.137. The number of aromatic nitrogens is 1. The predicted octanol–water partition coefficient (Wildman–Crippen LogP) is 4.21. The van der Waals surface area contributed by atoms with Gasteiger partial charge in [0.25, 0.3) is 0 Å². The molecule has 1 aromatic carbocycles. The Bertz CT molecular complexity index is 735. The third-order valence-corrected chi connectivity index (χ3v) is 4.08. The third-order valence-electron chi connectivity index (χ3n) is 2.87. The highest BCUT2D eigenvalue weighted by molar-refractivity contribution is 7.17. The topological polar surface area (TPSA) is 56.3 Å². The maximum absolute atomic E-state index is 12.6. The van der Waals surface area contributed by atoms with Crippen LogP contribution >= 0.6 is 11.3 Å². The molecule has 2 rings (SSSR count). The Morgan fingerprint density at radius 1 is 1.22 bits per heavy atom. The molecule has 0 spiro atoms. The summed E-state index contributed by atoms with van der Waals surface area (Å²) < 4.78 is 42.5. The number of rotatable bonds is 4. The Balaban J connectivity index is 2.42. The first-order chi connectivity index (χ1) is 10.7. The SMILES string of the molecule is CCOC(=O)c1nc(-c2ccc(C(F)(F)F)cc2)sc1C(C)=O. The van der Waals surface area contributed by atoms with Crippen LogP contribution in [0.5, 0.6) is 0 Å². The highest BCUT2D eigenvalue weighted by Gasteiger charge is 2.30. The molecular formula is C15H12F3NO3S. The van der Waals surface area contributed by atoms with Gasteiger partial charge in [0.1, 0.15) is 9.88 Å². The number of carbonyl (C=O) groups excluding carboxylic acids is 2. The van der Waals surface area contributed by atoms with Crippen LogP contribution in [0.2, 0.25) is 0 Å². The molecule has 0 amide bonds. The van der Waals surface area contributed by atoms with Crippen molar-refractivity contribution >= 4 is 23.1 Å². The Morgan fingerprint density at radius 2 is 1.83 bits per heavy atom. The number of thiazole rings is 1. The molecule has 0 radical (unpaired) electrons. The summed E-state index contributed by atoms with van der Waals surface area (Å²) in [5.74, 6) is -1.09. The van der Waals surface area contributed by atoms with E-state index in [1.54, 1.807) is 6.92 Å². The van der Waals surface area contributed by atoms with E-state index in [4.69, 9.17) is 4.74 Å². The molecule has 0 saturated heterocycles. The van der Waals surface area contributed by atoms with Gasteiger partial charge in [-0.05, 0) is 19.1 Å². The molecule has 0 aliphatic carbocycles. The van der Waals surface area contributed by atoms with Gasteiger partial charge in [0, 0.05) is 12.5 Å². The minimum Gasteiger partial charge on any atom is -0.461 e. The number of alkyl halides is 3. The van der Waals surface area contributed by atoms with Crippen LogP contribution in [0.25, 0.3) is 10.6 Å². The van der Waals surface area contributed by atoms with E-state index in [9.17, 15) is 22.8 Å². The number of Topliss-reactive ketones (excluding diaryl/α,β-unsaturated/α-hetero) is 1. The van der Waals surface area contributed by atoms with E-state index in [0.717, 1.165) is 23.5 Å². The molecular weight excluding hydrogens is 331 g/mol. The summed E-state index contributed by atoms with van der Waals surface area (Å²) in [6, 6.07) is 4.35. The summed E-state index contributed by atoms with van der Waals surface area (Å²) in [5.41, 5.74) is -0.504. The van der Waals surface area contributed by atoms with Crippen LogP contribution in [0.4, 0.5) is 13.2 Å². The molecule has 1 heterocycles. The first-order valence-corrected chi connectivity index (χ1v) is 7.42. The van der Waals surface area contributed by atoms with Crippen LogP contribution in [0, 0.1) is 0 Å². The molecule has 0 aliphatic heterocycles. The standard InChI is InChI=1S/C15H12F3NO3S/c1-3-22-14(21)11-12(8(2)20)23-13(19-11)9-4-6-10(7-5-9)15(16,17)18/h4-7H,3H2,1-2H3. The minimum atomic E-state index is -4.43. The molecule has 122 valence electrons. The molecule has 0 aliphatic rings. The number of nitrogens with zero attached hydrogens (tertiary/aromatic N) is 1. The van der Waals surface area contributed by atoms with E-state index in [1.165, 1.54) is 19.1 Å². The monoisotopic (exact) mass is 343 g/mol. The van der Waals surface area contributed by atoms with Crippen molar-refractivity contribution in [3.63, 3.8) is 0 Å². The van der Waals surface area contributed by atoms with Crippen molar-refractivity contribution in [2.24, 2.45) is 0 Å². The lowest BCUT2D eigenvalue weighted by atomic mass is 10.1. The lowest BCUT2D eigenvalue weighted by Gasteiger charge is -2.06. The van der Waals surface area contributed by atoms with Gasteiger partial charge >= 0.3 is 12.1 Å². The largest absolute Gasteiger partial charge is 0.461 e. The highest BCUT2D eigenvalue weighted by Crippen LogP contribution is 2.33. The van der Waals surface area contributed by atoms with Gasteiger partial charge in [-0.1, -0.05) is 12.1 Å². The maximum Gasteiger partial charge on any atom is 0.416 e. The number of ketones is 1. The van der Waals surface area contributed by atoms with Gasteiger partial charge in [-0.15, -0.1) is 11.3 Å². The van der Waals surface area contributed by atoms with E-state index in [1.807, 2.05) is 0 Å². The van der Waals surface area contributed by atoms with Gasteiger partial charge in [-0.2, -0.15) is 13.2 Å². The lowest BCUT2D eigenvalue weighted by Crippen LogP contribution is -2.09. The summed E-state index contributed by atoms with van der Waals surface area (Å²) in [7, 11) is 0. The molecule has 0 unspecified atom stereocenters. The van der Waals surface area contributed by atoms with Crippen molar-refractivity contribution in [2.45, 2.75) is 20.0 Å². The molecule has 2 aromatic rings. The number of benzene rings is 1. The van der Waals surface area contributed by atoms with Gasteiger partial charge in [0.15, 0.2) is 11.5 Å². The second-order valence-corrected chi connectivity index (χ2v) is 5.55. The van der Waals surface area contributed by atoms with Crippen LogP contribution < -0.4 is 0 Å². The van der Waals surface area contributed by atoms with Gasteiger partial charge in [-0.3, -0.25) is 4.79 Å². The zero-order valence-corrected chi connectivity index (χ0v) is 13.0. The van der Waals surface area contributed by atoms with Crippen LogP contribution in [0.1, 0.15) is 39.6 Å². The van der Waals surface area contributed by atoms with Crippen molar-refractivity contribution in [1.29, 1.82) is 0 Å². The van der Waals surface area contributed by atoms with Crippen molar-refractivity contribution in [3.05, 3.63) is 40.4 Å². The minimum absolute atomic E-state index is 0.112. The van der Waals surface area contributed by atoms with Crippen LogP contribution in [0.3, 0.4) is 0 Å². The third kappa shape index (κ3) is 3.76. The first kappa shape index (κ1) is 17.1. The Labute approximate surface area is 133 Å². The summed E-state index contributed by atoms with van der Waals surface area (Å²) in [6.45, 7) is 3.03. The second kappa shape index (κ2) is 6.49. The number of hydrogen-bond donors (Lipinski definition) is 0. The summed E-state index contributed by atoms with van der Waals surface area (Å²) >= 11 is 0.946. The molecule has 0 saturated carbocycles. The molecule has 4 nitrogen and oxygen atoms in total. The number of hydrogen-bond acceptors (Lipinski definition) is 5. The molecule has 0 atom stereocenters. The van der Waals surface area contributed by atoms with Crippen molar-refractivity contribution in [2.75, 3.05) is 6.61 Å². The smallest absolute Gasteiger partial charge is 0.416 e. The fourth-order valence-electron chi connectivity index (χ4n) is 1.82. The van der Waals surface area contributed by atoms with Gasteiger partial charge < -0.3 is 4.74 Å².